The lowest BCUT2D eigenvalue weighted by molar-refractivity contribution is -0.338. The van der Waals surface area contributed by atoms with Crippen LogP contribution in [0.4, 0.5) is 0 Å². The Morgan fingerprint density at radius 1 is 0.667 bits per heavy atom. The molecule has 0 amide bonds. The molecule has 2 aliphatic heterocycles. The zero-order valence-corrected chi connectivity index (χ0v) is 33.5. The summed E-state index contributed by atoms with van der Waals surface area (Å²) >= 11 is 0. The third-order valence-electron chi connectivity index (χ3n) is 8.88. The first-order valence-electron chi connectivity index (χ1n) is 18.6. The summed E-state index contributed by atoms with van der Waals surface area (Å²) in [5.74, 6) is -8.46. The minimum Gasteiger partial charge on any atom is -0.478 e. The van der Waals surface area contributed by atoms with Crippen LogP contribution in [0.15, 0.2) is 60.7 Å². The lowest BCUT2D eigenvalue weighted by Gasteiger charge is -2.48. The lowest BCUT2D eigenvalue weighted by Crippen LogP contribution is -2.66. The molecule has 2 aromatic carbocycles. The molecule has 19 heteroatoms. The van der Waals surface area contributed by atoms with Gasteiger partial charge in [-0.25, -0.2) is 4.79 Å². The zero-order chi connectivity index (χ0) is 44.1. The van der Waals surface area contributed by atoms with Gasteiger partial charge in [0, 0.05) is 47.1 Å². The first kappa shape index (κ1) is 46.5. The Morgan fingerprint density at radius 2 is 1.22 bits per heavy atom. The normalized spacial score (nSPS) is 25.5. The van der Waals surface area contributed by atoms with Crippen molar-refractivity contribution in [3.05, 3.63) is 71.8 Å². The average Bonchev–Trinajstić information content (AvgIpc) is 3.17. The van der Waals surface area contributed by atoms with Crippen molar-refractivity contribution in [1.29, 1.82) is 0 Å². The Kier molecular flexibility index (Phi) is 16.8. The second-order valence-corrected chi connectivity index (χ2v) is 13.6. The number of carboxylic acids is 1. The van der Waals surface area contributed by atoms with Gasteiger partial charge >= 0.3 is 41.8 Å². The fourth-order valence-corrected chi connectivity index (χ4v) is 6.52. The van der Waals surface area contributed by atoms with Gasteiger partial charge < -0.3 is 52.5 Å². The van der Waals surface area contributed by atoms with Gasteiger partial charge in [-0.1, -0.05) is 48.5 Å². The number of ether oxygens (including phenoxy) is 10. The smallest absolute Gasteiger partial charge is 0.345 e. The third kappa shape index (κ3) is 13.4. The predicted octanol–water partition coefficient (Wildman–Crippen LogP) is 2.39. The fraction of sp³-hybridized carbons (Fsp3) is 0.463. The molecule has 2 fully saturated rings. The summed E-state index contributed by atoms with van der Waals surface area (Å²) in [6, 6.07) is 14.6. The maximum atomic E-state index is 13.2. The van der Waals surface area contributed by atoms with E-state index < -0.39 is 123 Å². The van der Waals surface area contributed by atoms with Gasteiger partial charge in [0.15, 0.2) is 30.4 Å². The summed E-state index contributed by atoms with van der Waals surface area (Å²) in [4.78, 5) is 99.4. The SMILES string of the molecule is CC(=O)OCC1OC(OC2C(COC(C)=O)OCC(OC(C)=O)C2C(Oc2ccc(C=CC(=O)c3ccccc3)cc2)C(=O)O)C(OC(C)=O)C(OC(C)=O)C1OC(C)=O. The van der Waals surface area contributed by atoms with E-state index in [4.69, 9.17) is 47.4 Å². The molecule has 2 saturated heterocycles. The highest BCUT2D eigenvalue weighted by Gasteiger charge is 2.57. The highest BCUT2D eigenvalue weighted by Crippen LogP contribution is 2.37. The van der Waals surface area contributed by atoms with E-state index in [9.17, 15) is 43.5 Å². The standard InChI is InChI=1S/C41H46O19/c1-21(42)51-19-32-35(60-41-39(57-26(6)47)38(56-25(5)46)36(55-24(4)45)33(59-41)20-52-22(2)43)34(31(18-53-32)54-23(3)44)37(40(49)50)58-29-15-12-27(13-16-29)14-17-30(48)28-10-8-7-9-11-28/h7-17,31-39,41H,18-20H2,1-6H3,(H,49,50). The number of esters is 6. The van der Waals surface area contributed by atoms with E-state index in [0.717, 1.165) is 41.5 Å². The molecular weight excluding hydrogens is 796 g/mol. The Hall–Kier alpha value is -6.18. The second-order valence-electron chi connectivity index (χ2n) is 13.6. The molecular formula is C41H46O19. The van der Waals surface area contributed by atoms with Crippen molar-refractivity contribution in [2.45, 2.75) is 96.7 Å². The molecule has 4 rings (SSSR count). The molecule has 60 heavy (non-hydrogen) atoms. The second kappa shape index (κ2) is 21.7. The largest absolute Gasteiger partial charge is 0.478 e. The quantitative estimate of drug-likeness (QED) is 0.104. The van der Waals surface area contributed by atoms with Crippen molar-refractivity contribution < 1.29 is 90.8 Å². The molecule has 0 aliphatic carbocycles. The Morgan fingerprint density at radius 3 is 1.77 bits per heavy atom. The minimum absolute atomic E-state index is 0.0181. The molecule has 2 aliphatic rings. The maximum Gasteiger partial charge on any atom is 0.345 e. The van der Waals surface area contributed by atoms with Crippen molar-refractivity contribution in [3.8, 4) is 5.75 Å². The maximum absolute atomic E-state index is 13.2. The van der Waals surface area contributed by atoms with E-state index in [1.807, 2.05) is 0 Å². The summed E-state index contributed by atoms with van der Waals surface area (Å²) < 4.78 is 56.9. The molecule has 19 nitrogen and oxygen atoms in total. The molecule has 0 saturated carbocycles. The van der Waals surface area contributed by atoms with Crippen molar-refractivity contribution in [2.24, 2.45) is 5.92 Å². The van der Waals surface area contributed by atoms with Gasteiger partial charge in [0.05, 0.1) is 12.5 Å². The number of allylic oxidation sites excluding steroid dienone is 1. The van der Waals surface area contributed by atoms with E-state index in [-0.39, 0.29) is 11.5 Å². The van der Waals surface area contributed by atoms with Crippen molar-refractivity contribution >= 4 is 53.6 Å². The summed E-state index contributed by atoms with van der Waals surface area (Å²) in [6.45, 7) is 4.74. The monoisotopic (exact) mass is 842 g/mol. The Labute approximate surface area is 344 Å². The van der Waals surface area contributed by atoms with E-state index in [0.29, 0.717) is 11.1 Å². The van der Waals surface area contributed by atoms with Crippen LogP contribution in [0, 0.1) is 5.92 Å². The van der Waals surface area contributed by atoms with Crippen LogP contribution in [-0.2, 0) is 76.2 Å². The van der Waals surface area contributed by atoms with Crippen LogP contribution in [0.2, 0.25) is 0 Å². The molecule has 2 heterocycles. The number of hydrogen-bond donors (Lipinski definition) is 1. The Bertz CT molecular complexity index is 1890. The topological polar surface area (TPSA) is 249 Å². The fourth-order valence-electron chi connectivity index (χ4n) is 6.52. The van der Waals surface area contributed by atoms with Gasteiger partial charge in [-0.15, -0.1) is 0 Å². The van der Waals surface area contributed by atoms with E-state index in [1.165, 1.54) is 18.2 Å². The molecule has 1 N–H and O–H groups in total. The number of aliphatic carboxylic acids is 1. The van der Waals surface area contributed by atoms with Crippen LogP contribution in [-0.4, -0.2) is 128 Å². The van der Waals surface area contributed by atoms with Crippen LogP contribution in [0.3, 0.4) is 0 Å². The first-order valence-corrected chi connectivity index (χ1v) is 18.6. The molecule has 0 aromatic heterocycles. The molecule has 324 valence electrons. The average molecular weight is 843 g/mol. The van der Waals surface area contributed by atoms with Gasteiger partial charge in [0.1, 0.15) is 43.4 Å². The number of rotatable bonds is 17. The first-order chi connectivity index (χ1) is 28.4. The van der Waals surface area contributed by atoms with Gasteiger partial charge in [-0.05, 0) is 23.8 Å². The van der Waals surface area contributed by atoms with Crippen LogP contribution in [0.1, 0.15) is 57.5 Å². The molecule has 0 spiro atoms. The molecule has 2 aromatic rings. The summed E-state index contributed by atoms with van der Waals surface area (Å²) in [5.41, 5.74) is 1.04. The third-order valence-corrected chi connectivity index (χ3v) is 8.88. The van der Waals surface area contributed by atoms with Crippen molar-refractivity contribution in [1.82, 2.24) is 0 Å². The number of benzene rings is 2. The van der Waals surface area contributed by atoms with Crippen LogP contribution in [0.5, 0.6) is 5.75 Å². The number of hydrogen-bond acceptors (Lipinski definition) is 18. The van der Waals surface area contributed by atoms with Crippen molar-refractivity contribution in [2.75, 3.05) is 19.8 Å². The Balaban J connectivity index is 1.78. The minimum atomic E-state index is -1.92. The van der Waals surface area contributed by atoms with Crippen LogP contribution >= 0.6 is 0 Å². The van der Waals surface area contributed by atoms with Gasteiger partial charge in [0.2, 0.25) is 6.10 Å². The van der Waals surface area contributed by atoms with Crippen molar-refractivity contribution in [3.63, 3.8) is 0 Å². The van der Waals surface area contributed by atoms with E-state index in [1.54, 1.807) is 48.5 Å². The van der Waals surface area contributed by atoms with Crippen LogP contribution in [0.25, 0.3) is 6.08 Å². The van der Waals surface area contributed by atoms with Gasteiger partial charge in [-0.3, -0.25) is 33.6 Å². The molecule has 10 unspecified atom stereocenters. The zero-order valence-electron chi connectivity index (χ0n) is 33.5. The summed E-state index contributed by atoms with van der Waals surface area (Å²) in [7, 11) is 0. The van der Waals surface area contributed by atoms with Gasteiger partial charge in [-0.2, -0.15) is 0 Å². The summed E-state index contributed by atoms with van der Waals surface area (Å²) in [6.07, 6.45) is -11.7. The predicted molar refractivity (Wildman–Crippen MR) is 201 cm³/mol. The lowest BCUT2D eigenvalue weighted by atomic mass is 9.84. The number of carbonyl (C=O) groups is 8. The van der Waals surface area contributed by atoms with Gasteiger partial charge in [0.25, 0.3) is 0 Å². The highest BCUT2D eigenvalue weighted by molar-refractivity contribution is 6.06. The highest BCUT2D eigenvalue weighted by atomic mass is 16.7. The number of carbonyl (C=O) groups excluding carboxylic acids is 7. The number of carboxylic acid groups (broad SMARTS) is 1. The van der Waals surface area contributed by atoms with E-state index >= 15 is 0 Å². The molecule has 10 atom stereocenters. The van der Waals surface area contributed by atoms with E-state index in [2.05, 4.69) is 0 Å². The molecule has 0 radical (unpaired) electrons. The molecule has 0 bridgehead atoms. The number of ketones is 1. The summed E-state index contributed by atoms with van der Waals surface area (Å²) in [5, 5.41) is 10.7. The van der Waals surface area contributed by atoms with Crippen LogP contribution < -0.4 is 4.74 Å².